The van der Waals surface area contributed by atoms with Crippen LogP contribution in [-0.2, 0) is 9.59 Å². The number of piperazine rings is 1. The molecule has 1 aliphatic heterocycles. The number of carbonyl (C=O) groups is 2. The van der Waals surface area contributed by atoms with E-state index in [1.807, 2.05) is 42.5 Å². The molecule has 26 heavy (non-hydrogen) atoms. The zero-order chi connectivity index (χ0) is 18.8. The maximum absolute atomic E-state index is 12.7. The lowest BCUT2D eigenvalue weighted by molar-refractivity contribution is -0.156. The Kier molecular flexibility index (Phi) is 5.28. The summed E-state index contributed by atoms with van der Waals surface area (Å²) in [5.74, 6) is -0.459. The largest absolute Gasteiger partial charge is 0.480 e. The van der Waals surface area contributed by atoms with Crippen molar-refractivity contribution in [2.45, 2.75) is 32.4 Å². The van der Waals surface area contributed by atoms with Gasteiger partial charge in [0.2, 0.25) is 5.91 Å². The Balaban J connectivity index is 2.06. The first-order valence-corrected chi connectivity index (χ1v) is 9.09. The molecule has 1 amide bonds. The highest BCUT2D eigenvalue weighted by Gasteiger charge is 2.43. The van der Waals surface area contributed by atoms with Gasteiger partial charge in [0.05, 0.1) is 12.6 Å². The standard InChI is InChI=1S/C21H26N2O3/c1-14(2)10-11-23-18(24)13-22(3)20(21(25)26)19(23)17-9-8-15-6-4-5-7-16(15)12-17/h4-9,12,14,19-20H,10-11,13H2,1-3H3,(H,25,26)/t19-,20+/m1/s1. The van der Waals surface area contributed by atoms with Gasteiger partial charge in [-0.2, -0.15) is 0 Å². The molecular weight excluding hydrogens is 328 g/mol. The predicted octanol–water partition coefficient (Wildman–Crippen LogP) is 3.15. The van der Waals surface area contributed by atoms with E-state index in [4.69, 9.17) is 0 Å². The number of aliphatic carboxylic acids is 1. The van der Waals surface area contributed by atoms with E-state index in [-0.39, 0.29) is 12.5 Å². The molecule has 5 heteroatoms. The van der Waals surface area contributed by atoms with Crippen LogP contribution in [0.1, 0.15) is 31.9 Å². The van der Waals surface area contributed by atoms with Crippen LogP contribution in [0, 0.1) is 5.92 Å². The molecule has 0 spiro atoms. The average Bonchev–Trinajstić information content (AvgIpc) is 2.59. The van der Waals surface area contributed by atoms with E-state index in [2.05, 4.69) is 13.8 Å². The van der Waals surface area contributed by atoms with Crippen LogP contribution in [0.5, 0.6) is 0 Å². The normalized spacial score (nSPS) is 21.5. The number of hydrogen-bond acceptors (Lipinski definition) is 3. The molecule has 0 bridgehead atoms. The van der Waals surface area contributed by atoms with Crippen molar-refractivity contribution in [3.63, 3.8) is 0 Å². The molecule has 2 atom stereocenters. The Morgan fingerprint density at radius 2 is 1.88 bits per heavy atom. The molecule has 0 saturated carbocycles. The van der Waals surface area contributed by atoms with E-state index in [9.17, 15) is 14.7 Å². The molecule has 1 fully saturated rings. The second kappa shape index (κ2) is 7.46. The van der Waals surface area contributed by atoms with Crippen LogP contribution in [-0.4, -0.2) is 53.0 Å². The van der Waals surface area contributed by atoms with Gasteiger partial charge in [-0.1, -0.05) is 50.2 Å². The summed E-state index contributed by atoms with van der Waals surface area (Å²) in [6.45, 7) is 4.94. The predicted molar refractivity (Wildman–Crippen MR) is 102 cm³/mol. The van der Waals surface area contributed by atoms with E-state index in [1.165, 1.54) is 0 Å². The Morgan fingerprint density at radius 1 is 1.19 bits per heavy atom. The van der Waals surface area contributed by atoms with Crippen molar-refractivity contribution in [2.75, 3.05) is 20.1 Å². The Morgan fingerprint density at radius 3 is 2.54 bits per heavy atom. The van der Waals surface area contributed by atoms with Crippen LogP contribution in [0.2, 0.25) is 0 Å². The zero-order valence-corrected chi connectivity index (χ0v) is 15.6. The molecule has 0 aliphatic carbocycles. The quantitative estimate of drug-likeness (QED) is 0.896. The SMILES string of the molecule is CC(C)CCN1C(=O)CN(C)[C@H](C(=O)O)[C@H]1c1ccc2ccccc2c1. The third kappa shape index (κ3) is 3.58. The Labute approximate surface area is 154 Å². The van der Waals surface area contributed by atoms with Crippen LogP contribution < -0.4 is 0 Å². The molecule has 0 aromatic heterocycles. The summed E-state index contributed by atoms with van der Waals surface area (Å²) in [4.78, 5) is 28.2. The zero-order valence-electron chi connectivity index (χ0n) is 15.6. The summed E-state index contributed by atoms with van der Waals surface area (Å²) < 4.78 is 0. The fourth-order valence-electron chi connectivity index (χ4n) is 3.71. The van der Waals surface area contributed by atoms with E-state index < -0.39 is 18.1 Å². The van der Waals surface area contributed by atoms with Crippen LogP contribution in [0.4, 0.5) is 0 Å². The number of nitrogens with zero attached hydrogens (tertiary/aromatic N) is 2. The van der Waals surface area contributed by atoms with Gasteiger partial charge in [-0.3, -0.25) is 14.5 Å². The van der Waals surface area contributed by atoms with Gasteiger partial charge in [0.15, 0.2) is 0 Å². The minimum Gasteiger partial charge on any atom is -0.480 e. The first-order valence-electron chi connectivity index (χ1n) is 9.09. The second-order valence-electron chi connectivity index (χ2n) is 7.52. The molecule has 1 heterocycles. The van der Waals surface area contributed by atoms with Crippen molar-refractivity contribution in [1.29, 1.82) is 0 Å². The lowest BCUT2D eigenvalue weighted by atomic mass is 9.91. The van der Waals surface area contributed by atoms with Crippen molar-refractivity contribution in [3.05, 3.63) is 48.0 Å². The van der Waals surface area contributed by atoms with Crippen LogP contribution in [0.15, 0.2) is 42.5 Å². The maximum Gasteiger partial charge on any atom is 0.323 e. The van der Waals surface area contributed by atoms with Gasteiger partial charge in [-0.15, -0.1) is 0 Å². The number of carboxylic acid groups (broad SMARTS) is 1. The van der Waals surface area contributed by atoms with Gasteiger partial charge in [0.1, 0.15) is 6.04 Å². The topological polar surface area (TPSA) is 60.9 Å². The molecule has 1 aliphatic rings. The van der Waals surface area contributed by atoms with Gasteiger partial charge >= 0.3 is 5.97 Å². The third-order valence-corrected chi connectivity index (χ3v) is 5.13. The number of fused-ring (bicyclic) bond motifs is 1. The van der Waals surface area contributed by atoms with Gasteiger partial charge in [-0.05, 0) is 41.8 Å². The van der Waals surface area contributed by atoms with Gasteiger partial charge in [-0.25, -0.2) is 0 Å². The number of likely N-dealkylation sites (N-methyl/N-ethyl adjacent to an activating group) is 1. The number of hydrogen-bond donors (Lipinski definition) is 1. The van der Waals surface area contributed by atoms with Crippen LogP contribution in [0.3, 0.4) is 0 Å². The molecule has 3 rings (SSSR count). The average molecular weight is 354 g/mol. The van der Waals surface area contributed by atoms with Crippen molar-refractivity contribution in [3.8, 4) is 0 Å². The molecule has 0 unspecified atom stereocenters. The van der Waals surface area contributed by atoms with Gasteiger partial charge in [0.25, 0.3) is 0 Å². The summed E-state index contributed by atoms with van der Waals surface area (Å²) >= 11 is 0. The lowest BCUT2D eigenvalue weighted by Gasteiger charge is -2.44. The summed E-state index contributed by atoms with van der Waals surface area (Å²) in [5, 5.41) is 12.0. The van der Waals surface area contributed by atoms with E-state index in [1.54, 1.807) is 16.8 Å². The van der Waals surface area contributed by atoms with Crippen LogP contribution in [0.25, 0.3) is 10.8 Å². The molecule has 2 aromatic carbocycles. The Hall–Kier alpha value is -2.40. The highest BCUT2D eigenvalue weighted by Crippen LogP contribution is 2.33. The fraction of sp³-hybridized carbons (Fsp3) is 0.429. The molecule has 5 nitrogen and oxygen atoms in total. The first-order chi connectivity index (χ1) is 12.4. The third-order valence-electron chi connectivity index (χ3n) is 5.13. The highest BCUT2D eigenvalue weighted by atomic mass is 16.4. The second-order valence-corrected chi connectivity index (χ2v) is 7.52. The number of amides is 1. The molecule has 0 radical (unpaired) electrons. The van der Waals surface area contributed by atoms with E-state index in [0.29, 0.717) is 12.5 Å². The van der Waals surface area contributed by atoms with Crippen molar-refractivity contribution in [1.82, 2.24) is 9.80 Å². The Bertz CT molecular complexity index is 818. The number of benzene rings is 2. The molecular formula is C21H26N2O3. The fourth-order valence-corrected chi connectivity index (χ4v) is 3.71. The smallest absolute Gasteiger partial charge is 0.323 e. The first kappa shape index (κ1) is 18.4. The minimum absolute atomic E-state index is 0.0104. The summed E-state index contributed by atoms with van der Waals surface area (Å²) in [5.41, 5.74) is 0.875. The summed E-state index contributed by atoms with van der Waals surface area (Å²) in [6.07, 6.45) is 0.853. The van der Waals surface area contributed by atoms with Crippen molar-refractivity contribution < 1.29 is 14.7 Å². The number of rotatable bonds is 5. The summed E-state index contributed by atoms with van der Waals surface area (Å²) in [6, 6.07) is 12.7. The highest BCUT2D eigenvalue weighted by molar-refractivity contribution is 5.86. The van der Waals surface area contributed by atoms with E-state index >= 15 is 0 Å². The van der Waals surface area contributed by atoms with Gasteiger partial charge in [0, 0.05) is 6.54 Å². The molecule has 1 saturated heterocycles. The van der Waals surface area contributed by atoms with E-state index in [0.717, 1.165) is 22.8 Å². The maximum atomic E-state index is 12.7. The number of carboxylic acids is 1. The monoisotopic (exact) mass is 354 g/mol. The summed E-state index contributed by atoms with van der Waals surface area (Å²) in [7, 11) is 1.71. The lowest BCUT2D eigenvalue weighted by Crippen LogP contribution is -2.59. The van der Waals surface area contributed by atoms with Crippen molar-refractivity contribution in [2.24, 2.45) is 5.92 Å². The molecule has 138 valence electrons. The van der Waals surface area contributed by atoms with Gasteiger partial charge < -0.3 is 10.0 Å². The minimum atomic E-state index is -0.896. The number of carbonyl (C=O) groups excluding carboxylic acids is 1. The molecule has 1 N–H and O–H groups in total. The molecule has 2 aromatic rings. The van der Waals surface area contributed by atoms with Crippen LogP contribution >= 0.6 is 0 Å². The van der Waals surface area contributed by atoms with Crippen molar-refractivity contribution >= 4 is 22.6 Å².